The van der Waals surface area contributed by atoms with Gasteiger partial charge in [0.15, 0.2) is 5.65 Å². The van der Waals surface area contributed by atoms with Crippen LogP contribution in [-0.2, 0) is 6.54 Å². The Morgan fingerprint density at radius 1 is 1.14 bits per heavy atom. The predicted molar refractivity (Wildman–Crippen MR) is 84.2 cm³/mol. The molecule has 3 aromatic heterocycles. The first kappa shape index (κ1) is 12.8. The number of benzene rings is 1. The fraction of sp³-hybridized carbons (Fsp3) is 0.118. The minimum atomic E-state index is 0.721. The van der Waals surface area contributed by atoms with E-state index in [1.807, 2.05) is 29.1 Å². The lowest BCUT2D eigenvalue weighted by Gasteiger charge is -2.06. The summed E-state index contributed by atoms with van der Waals surface area (Å²) in [5, 5.41) is 8.86. The van der Waals surface area contributed by atoms with Gasteiger partial charge in [-0.3, -0.25) is 4.68 Å². The summed E-state index contributed by atoms with van der Waals surface area (Å²) in [5.41, 5.74) is 4.85. The Balaban J connectivity index is 1.83. The zero-order valence-corrected chi connectivity index (χ0v) is 12.1. The highest BCUT2D eigenvalue weighted by molar-refractivity contribution is 5.70. The maximum Gasteiger partial charge on any atom is 0.163 e. The van der Waals surface area contributed by atoms with Gasteiger partial charge in [0.05, 0.1) is 23.7 Å². The molecule has 5 nitrogen and oxygen atoms in total. The molecule has 0 bridgehead atoms. The topological polar surface area (TPSA) is 48.0 Å². The molecule has 22 heavy (non-hydrogen) atoms. The first-order valence-corrected chi connectivity index (χ1v) is 7.20. The molecule has 1 aromatic carbocycles. The van der Waals surface area contributed by atoms with Crippen molar-refractivity contribution in [1.29, 1.82) is 0 Å². The molecule has 4 aromatic rings. The van der Waals surface area contributed by atoms with E-state index >= 15 is 0 Å². The average Bonchev–Trinajstić information content (AvgIpc) is 3.23. The molecule has 0 atom stereocenters. The molecule has 1 radical (unpaired) electrons. The van der Waals surface area contributed by atoms with Crippen LogP contribution >= 0.6 is 0 Å². The predicted octanol–water partition coefficient (Wildman–Crippen LogP) is 3.08. The van der Waals surface area contributed by atoms with Crippen LogP contribution in [0.25, 0.3) is 28.2 Å². The summed E-state index contributed by atoms with van der Waals surface area (Å²) < 4.78 is 3.72. The van der Waals surface area contributed by atoms with E-state index in [1.165, 1.54) is 0 Å². The van der Waals surface area contributed by atoms with Gasteiger partial charge < -0.3 is 0 Å². The minimum Gasteiger partial charge on any atom is -0.272 e. The maximum absolute atomic E-state index is 4.56. The molecule has 107 valence electrons. The van der Waals surface area contributed by atoms with Crippen LogP contribution in [0.2, 0.25) is 0 Å². The Labute approximate surface area is 127 Å². The van der Waals surface area contributed by atoms with E-state index < -0.39 is 0 Å². The summed E-state index contributed by atoms with van der Waals surface area (Å²) in [4.78, 5) is 4.25. The third kappa shape index (κ3) is 2.07. The number of hydrogen-bond donors (Lipinski definition) is 0. The van der Waals surface area contributed by atoms with Crippen LogP contribution in [0.4, 0.5) is 0 Å². The van der Waals surface area contributed by atoms with E-state index in [-0.39, 0.29) is 0 Å². The molecular formula is C17H14N5. The van der Waals surface area contributed by atoms with Crippen LogP contribution in [-0.4, -0.2) is 24.4 Å². The van der Waals surface area contributed by atoms with Gasteiger partial charge in [0.2, 0.25) is 0 Å². The van der Waals surface area contributed by atoms with E-state index in [1.54, 1.807) is 16.9 Å². The molecule has 0 unspecified atom stereocenters. The monoisotopic (exact) mass is 288 g/mol. The quantitative estimate of drug-likeness (QED) is 0.582. The Hall–Kier alpha value is -2.95. The second kappa shape index (κ2) is 5.11. The second-order valence-electron chi connectivity index (χ2n) is 4.99. The molecule has 0 amide bonds. The second-order valence-corrected chi connectivity index (χ2v) is 4.99. The molecule has 0 N–H and O–H groups in total. The van der Waals surface area contributed by atoms with Crippen molar-refractivity contribution in [1.82, 2.24) is 24.4 Å². The Kier molecular flexibility index (Phi) is 2.96. The number of rotatable bonds is 3. The van der Waals surface area contributed by atoms with Crippen LogP contribution in [0.3, 0.4) is 0 Å². The first-order chi connectivity index (χ1) is 10.8. The highest BCUT2D eigenvalue weighted by atomic mass is 15.3. The summed E-state index contributed by atoms with van der Waals surface area (Å²) >= 11 is 0. The lowest BCUT2D eigenvalue weighted by Crippen LogP contribution is -1.96. The fourth-order valence-electron chi connectivity index (χ4n) is 2.53. The SMILES string of the molecule is CCn1ccc(-c2cccc(-c3ccnc4[c]cnn34)c2)n1. The molecule has 0 saturated heterocycles. The summed E-state index contributed by atoms with van der Waals surface area (Å²) in [6.07, 6.45) is 5.41. The number of fused-ring (bicyclic) bond motifs is 1. The van der Waals surface area contributed by atoms with Crippen molar-refractivity contribution in [2.75, 3.05) is 0 Å². The zero-order chi connectivity index (χ0) is 14.9. The van der Waals surface area contributed by atoms with Gasteiger partial charge >= 0.3 is 0 Å². The Morgan fingerprint density at radius 2 is 2.05 bits per heavy atom. The fourth-order valence-corrected chi connectivity index (χ4v) is 2.53. The standard InChI is InChI=1S/C17H14N5/c1-2-21-11-8-15(20-21)13-4-3-5-14(12-13)16-6-9-18-17-7-10-19-22(16)17/h3-6,8-12H,2H2,1H3. The first-order valence-electron chi connectivity index (χ1n) is 7.20. The van der Waals surface area contributed by atoms with E-state index in [2.05, 4.69) is 46.4 Å². The van der Waals surface area contributed by atoms with Gasteiger partial charge in [0.1, 0.15) is 0 Å². The van der Waals surface area contributed by atoms with Gasteiger partial charge in [-0.15, -0.1) is 0 Å². The molecule has 3 heterocycles. The van der Waals surface area contributed by atoms with Gasteiger partial charge in [-0.05, 0) is 25.1 Å². The van der Waals surface area contributed by atoms with E-state index in [4.69, 9.17) is 0 Å². The van der Waals surface area contributed by atoms with Crippen molar-refractivity contribution >= 4 is 5.65 Å². The highest BCUT2D eigenvalue weighted by Crippen LogP contribution is 2.25. The third-order valence-electron chi connectivity index (χ3n) is 3.64. The van der Waals surface area contributed by atoms with Gasteiger partial charge in [-0.1, -0.05) is 18.2 Å². The number of nitrogens with zero attached hydrogens (tertiary/aromatic N) is 5. The van der Waals surface area contributed by atoms with Gasteiger partial charge in [-0.25, -0.2) is 9.50 Å². The van der Waals surface area contributed by atoms with Crippen LogP contribution in [0.5, 0.6) is 0 Å². The summed E-state index contributed by atoms with van der Waals surface area (Å²) in [5.74, 6) is 0. The van der Waals surface area contributed by atoms with Crippen molar-refractivity contribution in [2.45, 2.75) is 13.5 Å². The molecular weight excluding hydrogens is 274 g/mol. The lowest BCUT2D eigenvalue weighted by molar-refractivity contribution is 0.662. The minimum absolute atomic E-state index is 0.721. The molecule has 4 rings (SSSR count). The van der Waals surface area contributed by atoms with Crippen LogP contribution in [0.15, 0.2) is 55.0 Å². The van der Waals surface area contributed by atoms with Crippen LogP contribution in [0, 0.1) is 6.07 Å². The van der Waals surface area contributed by atoms with E-state index in [9.17, 15) is 0 Å². The van der Waals surface area contributed by atoms with Crippen molar-refractivity contribution in [3.8, 4) is 22.5 Å². The Bertz CT molecular complexity index is 935. The maximum atomic E-state index is 4.56. The normalized spacial score (nSPS) is 11.1. The number of hydrogen-bond acceptors (Lipinski definition) is 3. The molecule has 5 heteroatoms. The summed E-state index contributed by atoms with van der Waals surface area (Å²) in [7, 11) is 0. The average molecular weight is 288 g/mol. The molecule has 0 aliphatic rings. The van der Waals surface area contributed by atoms with Crippen molar-refractivity contribution < 1.29 is 0 Å². The van der Waals surface area contributed by atoms with E-state index in [0.717, 1.165) is 34.7 Å². The molecule has 0 aliphatic carbocycles. The number of aromatic nitrogens is 5. The lowest BCUT2D eigenvalue weighted by atomic mass is 10.1. The van der Waals surface area contributed by atoms with Crippen molar-refractivity contribution in [3.05, 3.63) is 61.1 Å². The van der Waals surface area contributed by atoms with Gasteiger partial charge in [0.25, 0.3) is 0 Å². The van der Waals surface area contributed by atoms with Crippen molar-refractivity contribution in [3.63, 3.8) is 0 Å². The zero-order valence-electron chi connectivity index (χ0n) is 12.1. The number of aryl methyl sites for hydroxylation is 1. The Morgan fingerprint density at radius 3 is 2.91 bits per heavy atom. The van der Waals surface area contributed by atoms with Gasteiger partial charge in [0, 0.05) is 30.1 Å². The molecule has 0 fully saturated rings. The highest BCUT2D eigenvalue weighted by Gasteiger charge is 2.08. The smallest absolute Gasteiger partial charge is 0.163 e. The third-order valence-corrected chi connectivity index (χ3v) is 3.64. The largest absolute Gasteiger partial charge is 0.272 e. The van der Waals surface area contributed by atoms with Crippen molar-refractivity contribution in [2.24, 2.45) is 0 Å². The summed E-state index contributed by atoms with van der Waals surface area (Å²) in [6, 6.07) is 15.3. The molecule has 0 aliphatic heterocycles. The van der Waals surface area contributed by atoms with E-state index in [0.29, 0.717) is 0 Å². The summed E-state index contributed by atoms with van der Waals surface area (Å²) in [6.45, 7) is 2.95. The van der Waals surface area contributed by atoms with Gasteiger partial charge in [-0.2, -0.15) is 10.2 Å². The molecule has 0 spiro atoms. The molecule has 0 saturated carbocycles. The van der Waals surface area contributed by atoms with Crippen LogP contribution in [0.1, 0.15) is 6.92 Å². The van der Waals surface area contributed by atoms with Crippen LogP contribution < -0.4 is 0 Å².